The van der Waals surface area contributed by atoms with Gasteiger partial charge in [-0.2, -0.15) is 5.26 Å². The van der Waals surface area contributed by atoms with Crippen molar-refractivity contribution in [3.63, 3.8) is 0 Å². The average molecular weight is 607 g/mol. The predicted molar refractivity (Wildman–Crippen MR) is 162 cm³/mol. The van der Waals surface area contributed by atoms with E-state index in [9.17, 15) is 10.1 Å². The Morgan fingerprint density at radius 1 is 1.26 bits per heavy atom. The normalized spacial score (nSPS) is 16.7. The molecule has 12 heteroatoms. The molecule has 2 aromatic heterocycles. The van der Waals surface area contributed by atoms with Crippen LogP contribution in [0.2, 0.25) is 0 Å². The first-order chi connectivity index (χ1) is 20.4. The van der Waals surface area contributed by atoms with Crippen LogP contribution in [-0.4, -0.2) is 60.3 Å². The number of hydrogen-bond donors (Lipinski definition) is 1. The number of nitriles is 1. The van der Waals surface area contributed by atoms with Gasteiger partial charge in [0.15, 0.2) is 5.82 Å². The summed E-state index contributed by atoms with van der Waals surface area (Å²) in [6, 6.07) is 4.87. The van der Waals surface area contributed by atoms with Gasteiger partial charge in [-0.3, -0.25) is 5.32 Å². The van der Waals surface area contributed by atoms with Gasteiger partial charge in [-0.25, -0.2) is 23.5 Å². The van der Waals surface area contributed by atoms with Gasteiger partial charge in [0, 0.05) is 52.4 Å². The van der Waals surface area contributed by atoms with E-state index in [0.717, 1.165) is 37.4 Å². The summed E-state index contributed by atoms with van der Waals surface area (Å²) < 4.78 is 44.2. The third-order valence-electron chi connectivity index (χ3n) is 7.66. The third-order valence-corrected chi connectivity index (χ3v) is 8.73. The molecule has 1 amide bonds. The minimum atomic E-state index is -0.761. The molecule has 0 saturated carbocycles. The van der Waals surface area contributed by atoms with Crippen molar-refractivity contribution in [3.8, 4) is 17.2 Å². The SMILES string of the molecule is CN(C)C[C@H]1CCN(c2ncc3c4c(c(-c5c(F)ccc6sc(NC(=O)OC(C)(C)C)c(C#N)c56)c(F)c3n2)COC4)C1. The Kier molecular flexibility index (Phi) is 7.44. The molecule has 0 aliphatic carbocycles. The van der Waals surface area contributed by atoms with E-state index in [2.05, 4.69) is 31.2 Å². The Labute approximate surface area is 252 Å². The summed E-state index contributed by atoms with van der Waals surface area (Å²) in [5.41, 5.74) is 0.493. The van der Waals surface area contributed by atoms with Crippen molar-refractivity contribution < 1.29 is 23.0 Å². The molecule has 43 heavy (non-hydrogen) atoms. The lowest BCUT2D eigenvalue weighted by molar-refractivity contribution is 0.0636. The van der Waals surface area contributed by atoms with Crippen molar-refractivity contribution in [2.75, 3.05) is 43.9 Å². The van der Waals surface area contributed by atoms with Gasteiger partial charge in [0.05, 0.1) is 18.8 Å². The van der Waals surface area contributed by atoms with Gasteiger partial charge < -0.3 is 19.3 Å². The van der Waals surface area contributed by atoms with E-state index >= 15 is 8.78 Å². The molecular formula is C31H32F2N6O3S. The molecule has 2 aliphatic rings. The van der Waals surface area contributed by atoms with Crippen LogP contribution in [0.3, 0.4) is 0 Å². The largest absolute Gasteiger partial charge is 0.444 e. The molecule has 1 saturated heterocycles. The standard InChI is InChI=1S/C31H32F2N6O3S/c1-31(2,3)42-30(40)37-28-17(10-34)23-22(43-28)7-6-21(32)25(23)24-20-15-41-14-19(20)18-11-35-29(36-27(18)26(24)33)39-9-8-16(13-39)12-38(4)5/h6-7,11,16H,8-9,12-15H2,1-5H3,(H,37,40)/t16-/m1/s1. The quantitative estimate of drug-likeness (QED) is 0.277. The molecule has 0 spiro atoms. The van der Waals surface area contributed by atoms with E-state index in [1.165, 1.54) is 12.1 Å². The summed E-state index contributed by atoms with van der Waals surface area (Å²) in [7, 11) is 4.08. The number of ether oxygens (including phenoxy) is 2. The number of nitrogens with one attached hydrogen (secondary N) is 1. The number of amides is 1. The number of thiophene rings is 1. The van der Waals surface area contributed by atoms with Gasteiger partial charge >= 0.3 is 6.09 Å². The fourth-order valence-electron chi connectivity index (χ4n) is 6.00. The van der Waals surface area contributed by atoms with Gasteiger partial charge in [0.2, 0.25) is 5.95 Å². The molecule has 6 rings (SSSR count). The second kappa shape index (κ2) is 11.0. The number of carbonyl (C=O) groups excluding carboxylic acids is 1. The lowest BCUT2D eigenvalue weighted by Crippen LogP contribution is -2.27. The van der Waals surface area contributed by atoms with Gasteiger partial charge in [-0.1, -0.05) is 0 Å². The van der Waals surface area contributed by atoms with Crippen molar-refractivity contribution in [2.24, 2.45) is 5.92 Å². The highest BCUT2D eigenvalue weighted by molar-refractivity contribution is 7.23. The van der Waals surface area contributed by atoms with E-state index in [4.69, 9.17) is 9.47 Å². The number of benzene rings is 2. The second-order valence-electron chi connectivity index (χ2n) is 12.3. The van der Waals surface area contributed by atoms with Crippen LogP contribution < -0.4 is 10.2 Å². The number of fused-ring (bicyclic) bond motifs is 4. The highest BCUT2D eigenvalue weighted by Gasteiger charge is 2.32. The molecular weight excluding hydrogens is 574 g/mol. The zero-order chi connectivity index (χ0) is 30.6. The zero-order valence-corrected chi connectivity index (χ0v) is 25.5. The van der Waals surface area contributed by atoms with E-state index in [0.29, 0.717) is 33.1 Å². The fraction of sp³-hybridized carbons (Fsp3) is 0.419. The first-order valence-electron chi connectivity index (χ1n) is 14.1. The van der Waals surface area contributed by atoms with Crippen LogP contribution in [-0.2, 0) is 22.7 Å². The van der Waals surface area contributed by atoms with Crippen LogP contribution >= 0.6 is 11.3 Å². The monoisotopic (exact) mass is 606 g/mol. The third kappa shape index (κ3) is 5.37. The van der Waals surface area contributed by atoms with Crippen molar-refractivity contribution in [1.82, 2.24) is 14.9 Å². The molecule has 0 unspecified atom stereocenters. The minimum Gasteiger partial charge on any atom is -0.444 e. The number of anilines is 2. The Bertz CT molecular complexity index is 1810. The van der Waals surface area contributed by atoms with E-state index in [1.807, 2.05) is 14.1 Å². The van der Waals surface area contributed by atoms with Crippen LogP contribution in [0.1, 0.15) is 43.9 Å². The molecule has 4 aromatic rings. The second-order valence-corrected chi connectivity index (χ2v) is 13.3. The summed E-state index contributed by atoms with van der Waals surface area (Å²) in [5.74, 6) is -0.525. The van der Waals surface area contributed by atoms with Crippen molar-refractivity contribution in [1.29, 1.82) is 5.26 Å². The summed E-state index contributed by atoms with van der Waals surface area (Å²) in [6.07, 6.45) is 1.86. The predicted octanol–water partition coefficient (Wildman–Crippen LogP) is 6.43. The maximum atomic E-state index is 16.8. The van der Waals surface area contributed by atoms with Crippen LogP contribution in [0.25, 0.3) is 32.1 Å². The van der Waals surface area contributed by atoms with E-state index < -0.39 is 23.3 Å². The van der Waals surface area contributed by atoms with Crippen LogP contribution in [0, 0.1) is 28.9 Å². The molecule has 4 heterocycles. The van der Waals surface area contributed by atoms with Crippen molar-refractivity contribution in [2.45, 2.75) is 46.0 Å². The lowest BCUT2D eigenvalue weighted by Gasteiger charge is -2.20. The Morgan fingerprint density at radius 3 is 2.74 bits per heavy atom. The average Bonchev–Trinajstić information content (AvgIpc) is 3.67. The van der Waals surface area contributed by atoms with Crippen LogP contribution in [0.5, 0.6) is 0 Å². The first kappa shape index (κ1) is 29.2. The summed E-state index contributed by atoms with van der Waals surface area (Å²) in [5, 5.41) is 13.7. The molecule has 1 atom stereocenters. The molecule has 9 nitrogen and oxygen atoms in total. The number of halogens is 2. The van der Waals surface area contributed by atoms with Gasteiger partial charge in [0.25, 0.3) is 0 Å². The van der Waals surface area contributed by atoms with Gasteiger partial charge in [0.1, 0.15) is 28.0 Å². The van der Waals surface area contributed by atoms with Crippen molar-refractivity contribution >= 4 is 49.4 Å². The highest BCUT2D eigenvalue weighted by Crippen LogP contribution is 2.47. The van der Waals surface area contributed by atoms with Crippen molar-refractivity contribution in [3.05, 3.63) is 46.7 Å². The first-order valence-corrected chi connectivity index (χ1v) is 14.9. The molecule has 0 bridgehead atoms. The summed E-state index contributed by atoms with van der Waals surface area (Å²) in [4.78, 5) is 26.0. The summed E-state index contributed by atoms with van der Waals surface area (Å²) in [6.45, 7) is 7.90. The molecule has 0 radical (unpaired) electrons. The number of aromatic nitrogens is 2. The summed E-state index contributed by atoms with van der Waals surface area (Å²) >= 11 is 1.10. The zero-order valence-electron chi connectivity index (χ0n) is 24.7. The number of nitrogens with zero attached hydrogens (tertiary/aromatic N) is 5. The highest BCUT2D eigenvalue weighted by atomic mass is 32.1. The molecule has 1 N–H and O–H groups in total. The van der Waals surface area contributed by atoms with E-state index in [-0.39, 0.29) is 45.8 Å². The minimum absolute atomic E-state index is 0.0118. The Balaban J connectivity index is 1.51. The van der Waals surface area contributed by atoms with Crippen LogP contribution in [0.4, 0.5) is 24.5 Å². The maximum absolute atomic E-state index is 16.8. The number of rotatable bonds is 5. The lowest BCUT2D eigenvalue weighted by atomic mass is 9.90. The van der Waals surface area contributed by atoms with Gasteiger partial charge in [-0.05, 0) is 70.5 Å². The molecule has 224 valence electrons. The maximum Gasteiger partial charge on any atom is 0.412 e. The smallest absolute Gasteiger partial charge is 0.412 e. The molecule has 2 aromatic carbocycles. The fourth-order valence-corrected chi connectivity index (χ4v) is 7.04. The van der Waals surface area contributed by atoms with E-state index in [1.54, 1.807) is 27.0 Å². The molecule has 1 fully saturated rings. The molecule has 2 aliphatic heterocycles. The Morgan fingerprint density at radius 2 is 2.02 bits per heavy atom. The van der Waals surface area contributed by atoms with Crippen LogP contribution in [0.15, 0.2) is 18.3 Å². The number of hydrogen-bond acceptors (Lipinski definition) is 9. The topological polar surface area (TPSA) is 104 Å². The number of carbonyl (C=O) groups is 1. The Hall–Kier alpha value is -3.92. The van der Waals surface area contributed by atoms with Gasteiger partial charge in [-0.15, -0.1) is 11.3 Å².